The number of nitrogens with zero attached hydrogens (tertiary/aromatic N) is 2. The van der Waals surface area contributed by atoms with Gasteiger partial charge in [0.2, 0.25) is 0 Å². The number of likely N-dealkylation sites (tertiary alicyclic amines) is 1. The van der Waals surface area contributed by atoms with E-state index in [-0.39, 0.29) is 11.7 Å². The number of nitro benzene ring substituents is 1. The fourth-order valence-corrected chi connectivity index (χ4v) is 2.93. The summed E-state index contributed by atoms with van der Waals surface area (Å²) >= 11 is 0. The molecule has 2 unspecified atom stereocenters. The molecule has 1 heterocycles. The Morgan fingerprint density at radius 1 is 1.50 bits per heavy atom. The standard InChI is InChI=1S/C14H20FN3O2/c1-10-3-2-4-13(8-16)17(10)9-11-7-12(15)5-6-14(11)18(19)20/h5-7,10,13H,2-4,8-9,16H2,1H3. The van der Waals surface area contributed by atoms with Crippen LogP contribution in [-0.2, 0) is 6.54 Å². The number of hydrogen-bond donors (Lipinski definition) is 1. The van der Waals surface area contributed by atoms with E-state index in [0.29, 0.717) is 24.7 Å². The van der Waals surface area contributed by atoms with Crippen molar-refractivity contribution in [3.8, 4) is 0 Å². The molecule has 110 valence electrons. The van der Waals surface area contributed by atoms with Gasteiger partial charge in [0.25, 0.3) is 5.69 Å². The molecule has 0 amide bonds. The van der Waals surface area contributed by atoms with Crippen molar-refractivity contribution in [1.82, 2.24) is 4.90 Å². The van der Waals surface area contributed by atoms with E-state index in [0.717, 1.165) is 25.3 Å². The number of piperidine rings is 1. The van der Waals surface area contributed by atoms with Crippen molar-refractivity contribution in [3.63, 3.8) is 0 Å². The lowest BCUT2D eigenvalue weighted by atomic mass is 9.95. The topological polar surface area (TPSA) is 72.4 Å². The van der Waals surface area contributed by atoms with E-state index in [2.05, 4.69) is 11.8 Å². The van der Waals surface area contributed by atoms with Crippen LogP contribution in [0, 0.1) is 15.9 Å². The van der Waals surface area contributed by atoms with Crippen molar-refractivity contribution in [3.05, 3.63) is 39.7 Å². The Hall–Kier alpha value is -1.53. The zero-order valence-corrected chi connectivity index (χ0v) is 11.6. The molecule has 0 spiro atoms. The van der Waals surface area contributed by atoms with Crippen LogP contribution < -0.4 is 5.73 Å². The van der Waals surface area contributed by atoms with Gasteiger partial charge in [0.15, 0.2) is 0 Å². The van der Waals surface area contributed by atoms with Crippen molar-refractivity contribution in [1.29, 1.82) is 0 Å². The second-order valence-corrected chi connectivity index (χ2v) is 5.37. The molecule has 0 bridgehead atoms. The van der Waals surface area contributed by atoms with Crippen molar-refractivity contribution in [2.75, 3.05) is 6.54 Å². The fourth-order valence-electron chi connectivity index (χ4n) is 2.93. The predicted octanol–water partition coefficient (Wildman–Crippen LogP) is 2.44. The number of nitrogens with two attached hydrogens (primary N) is 1. The van der Waals surface area contributed by atoms with E-state index >= 15 is 0 Å². The van der Waals surface area contributed by atoms with Crippen molar-refractivity contribution in [2.45, 2.75) is 44.8 Å². The first kappa shape index (κ1) is 14.9. The zero-order chi connectivity index (χ0) is 14.7. The van der Waals surface area contributed by atoms with Gasteiger partial charge in [-0.3, -0.25) is 15.0 Å². The maximum Gasteiger partial charge on any atom is 0.274 e. The summed E-state index contributed by atoms with van der Waals surface area (Å²) in [6, 6.07) is 4.13. The number of nitro groups is 1. The smallest absolute Gasteiger partial charge is 0.274 e. The van der Waals surface area contributed by atoms with Crippen LogP contribution in [0.1, 0.15) is 31.7 Å². The Labute approximate surface area is 117 Å². The van der Waals surface area contributed by atoms with Gasteiger partial charge in [-0.05, 0) is 31.9 Å². The number of hydrogen-bond acceptors (Lipinski definition) is 4. The molecule has 5 nitrogen and oxygen atoms in total. The van der Waals surface area contributed by atoms with Crippen molar-refractivity contribution < 1.29 is 9.31 Å². The molecule has 0 aromatic heterocycles. The maximum absolute atomic E-state index is 13.4. The molecule has 0 saturated carbocycles. The fraction of sp³-hybridized carbons (Fsp3) is 0.571. The van der Waals surface area contributed by atoms with Gasteiger partial charge in [0, 0.05) is 36.8 Å². The van der Waals surface area contributed by atoms with Crippen LogP contribution in [0.25, 0.3) is 0 Å². The molecule has 1 aliphatic rings. The summed E-state index contributed by atoms with van der Waals surface area (Å²) in [5.41, 5.74) is 6.18. The predicted molar refractivity (Wildman–Crippen MR) is 74.8 cm³/mol. The molecule has 1 saturated heterocycles. The van der Waals surface area contributed by atoms with Crippen LogP contribution in [0.3, 0.4) is 0 Å². The van der Waals surface area contributed by atoms with Gasteiger partial charge in [0.05, 0.1) is 4.92 Å². The van der Waals surface area contributed by atoms with E-state index in [4.69, 9.17) is 5.73 Å². The van der Waals surface area contributed by atoms with Gasteiger partial charge in [-0.15, -0.1) is 0 Å². The Balaban J connectivity index is 2.27. The molecule has 1 aromatic rings. The van der Waals surface area contributed by atoms with Crippen LogP contribution in [0.4, 0.5) is 10.1 Å². The lowest BCUT2D eigenvalue weighted by Gasteiger charge is -2.40. The summed E-state index contributed by atoms with van der Waals surface area (Å²) in [6.45, 7) is 2.98. The minimum Gasteiger partial charge on any atom is -0.329 e. The average molecular weight is 281 g/mol. The maximum atomic E-state index is 13.4. The Bertz CT molecular complexity index is 495. The van der Waals surface area contributed by atoms with Crippen molar-refractivity contribution in [2.24, 2.45) is 5.73 Å². The normalized spacial score (nSPS) is 23.8. The first-order valence-corrected chi connectivity index (χ1v) is 6.91. The second-order valence-electron chi connectivity index (χ2n) is 5.37. The van der Waals surface area contributed by atoms with Gasteiger partial charge >= 0.3 is 0 Å². The van der Waals surface area contributed by atoms with Gasteiger partial charge in [0.1, 0.15) is 5.82 Å². The third-order valence-corrected chi connectivity index (χ3v) is 4.06. The van der Waals surface area contributed by atoms with Gasteiger partial charge in [-0.1, -0.05) is 6.42 Å². The SMILES string of the molecule is CC1CCCC(CN)N1Cc1cc(F)ccc1[N+](=O)[O-]. The highest BCUT2D eigenvalue weighted by Gasteiger charge is 2.28. The highest BCUT2D eigenvalue weighted by atomic mass is 19.1. The lowest BCUT2D eigenvalue weighted by Crippen LogP contribution is -2.48. The molecule has 0 aliphatic carbocycles. The second kappa shape index (κ2) is 6.28. The zero-order valence-electron chi connectivity index (χ0n) is 11.6. The molecule has 1 fully saturated rings. The summed E-state index contributed by atoms with van der Waals surface area (Å²) in [5.74, 6) is -0.445. The van der Waals surface area contributed by atoms with E-state index in [1.807, 2.05) is 0 Å². The molecule has 2 N–H and O–H groups in total. The highest BCUT2D eigenvalue weighted by molar-refractivity contribution is 5.40. The van der Waals surface area contributed by atoms with Crippen molar-refractivity contribution >= 4 is 5.69 Å². The first-order valence-electron chi connectivity index (χ1n) is 6.91. The molecule has 2 rings (SSSR count). The minimum absolute atomic E-state index is 0.0278. The highest BCUT2D eigenvalue weighted by Crippen LogP contribution is 2.28. The number of benzene rings is 1. The van der Waals surface area contributed by atoms with Crippen LogP contribution in [0.5, 0.6) is 0 Å². The molecule has 20 heavy (non-hydrogen) atoms. The largest absolute Gasteiger partial charge is 0.329 e. The monoisotopic (exact) mass is 281 g/mol. The molecular weight excluding hydrogens is 261 g/mol. The minimum atomic E-state index is -0.458. The number of halogens is 1. The summed E-state index contributed by atoms with van der Waals surface area (Å²) in [5, 5.41) is 11.0. The Kier molecular flexibility index (Phi) is 4.67. The number of rotatable bonds is 4. The van der Waals surface area contributed by atoms with Crippen LogP contribution in [-0.4, -0.2) is 28.5 Å². The molecular formula is C14H20FN3O2. The molecule has 1 aliphatic heterocycles. The van der Waals surface area contributed by atoms with Gasteiger partial charge in [-0.2, -0.15) is 0 Å². The van der Waals surface area contributed by atoms with Gasteiger partial charge < -0.3 is 5.73 Å². The molecule has 2 atom stereocenters. The Morgan fingerprint density at radius 3 is 2.90 bits per heavy atom. The quantitative estimate of drug-likeness (QED) is 0.679. The molecule has 0 radical (unpaired) electrons. The third-order valence-electron chi connectivity index (χ3n) is 4.06. The van der Waals surface area contributed by atoms with E-state index in [1.165, 1.54) is 12.1 Å². The molecule has 1 aromatic carbocycles. The summed E-state index contributed by atoms with van der Waals surface area (Å²) in [7, 11) is 0. The van der Waals surface area contributed by atoms with Crippen LogP contribution in [0.2, 0.25) is 0 Å². The van der Waals surface area contributed by atoms with Crippen LogP contribution in [0.15, 0.2) is 18.2 Å². The van der Waals surface area contributed by atoms with E-state index in [9.17, 15) is 14.5 Å². The van der Waals surface area contributed by atoms with E-state index in [1.54, 1.807) is 0 Å². The Morgan fingerprint density at radius 2 is 2.25 bits per heavy atom. The summed E-state index contributed by atoms with van der Waals surface area (Å²) < 4.78 is 13.4. The third kappa shape index (κ3) is 3.13. The first-order chi connectivity index (χ1) is 9.52. The molecule has 6 heteroatoms. The van der Waals surface area contributed by atoms with Gasteiger partial charge in [-0.25, -0.2) is 4.39 Å². The summed E-state index contributed by atoms with van der Waals surface area (Å²) in [4.78, 5) is 12.7. The lowest BCUT2D eigenvalue weighted by molar-refractivity contribution is -0.385. The van der Waals surface area contributed by atoms with E-state index < -0.39 is 10.7 Å². The summed E-state index contributed by atoms with van der Waals surface area (Å²) in [6.07, 6.45) is 3.15. The average Bonchev–Trinajstić information content (AvgIpc) is 2.40. The van der Waals surface area contributed by atoms with Crippen LogP contribution >= 0.6 is 0 Å².